The first-order valence-electron chi connectivity index (χ1n) is 6.90. The van der Waals surface area contributed by atoms with E-state index in [1.54, 1.807) is 18.2 Å². The van der Waals surface area contributed by atoms with Gasteiger partial charge in [-0.1, -0.05) is 11.6 Å². The smallest absolute Gasteiger partial charge is 0.217 e. The predicted octanol–water partition coefficient (Wildman–Crippen LogP) is -0.532. The molecule has 0 bridgehead atoms. The van der Waals surface area contributed by atoms with Crippen molar-refractivity contribution in [3.8, 4) is 0 Å². The fourth-order valence-electron chi connectivity index (χ4n) is 2.22. The molecular weight excluding hydrogens is 326 g/mol. The lowest BCUT2D eigenvalue weighted by Crippen LogP contribution is -2.47. The van der Waals surface area contributed by atoms with Crippen LogP contribution in [0.15, 0.2) is 18.2 Å². The van der Waals surface area contributed by atoms with Crippen LogP contribution in [0, 0.1) is 0 Å². The number of fused-ring (bicyclic) bond motifs is 1. The minimum absolute atomic E-state index is 0.189. The molecule has 6 N–H and O–H groups in total. The van der Waals surface area contributed by atoms with Gasteiger partial charge in [0.25, 0.3) is 0 Å². The molecule has 0 fully saturated rings. The Labute approximate surface area is 136 Å². The summed E-state index contributed by atoms with van der Waals surface area (Å²) in [4.78, 5) is 18.5. The number of nitrogens with one attached hydrogen (secondary N) is 2. The van der Waals surface area contributed by atoms with Gasteiger partial charge < -0.3 is 30.7 Å². The minimum atomic E-state index is -1.67. The second-order valence-corrected chi connectivity index (χ2v) is 5.63. The summed E-state index contributed by atoms with van der Waals surface area (Å²) in [5, 5.41) is 41.4. The Morgan fingerprint density at radius 3 is 2.65 bits per heavy atom. The third kappa shape index (κ3) is 3.98. The number of aliphatic hydroxyl groups is 4. The molecule has 9 heteroatoms. The van der Waals surface area contributed by atoms with Crippen molar-refractivity contribution in [2.75, 3.05) is 6.61 Å². The van der Waals surface area contributed by atoms with E-state index < -0.39 is 36.9 Å². The molecular formula is C14H18ClN3O5. The lowest BCUT2D eigenvalue weighted by atomic mass is 10.0. The minimum Gasteiger partial charge on any atom is -0.394 e. The zero-order chi connectivity index (χ0) is 17.1. The Hall–Kier alpha value is -1.71. The number of rotatable bonds is 6. The summed E-state index contributed by atoms with van der Waals surface area (Å²) in [6.45, 7) is 0.509. The molecule has 0 radical (unpaired) electrons. The number of halogens is 1. The summed E-state index contributed by atoms with van der Waals surface area (Å²) in [7, 11) is 0. The number of amides is 1. The van der Waals surface area contributed by atoms with Gasteiger partial charge in [-0.15, -0.1) is 0 Å². The number of H-pyrrole nitrogens is 1. The Morgan fingerprint density at radius 2 is 2.04 bits per heavy atom. The molecule has 0 saturated heterocycles. The largest absolute Gasteiger partial charge is 0.394 e. The van der Waals surface area contributed by atoms with Crippen LogP contribution in [-0.4, -0.2) is 61.2 Å². The highest BCUT2D eigenvalue weighted by Gasteiger charge is 2.34. The number of aliphatic hydroxyl groups excluding tert-OH is 4. The SMILES string of the molecule is CC(=O)N[C@H](c1nc2ccc(Cl)cc2[nH]1)C(O)C(O)C(O)CO. The molecule has 1 aromatic heterocycles. The van der Waals surface area contributed by atoms with Crippen molar-refractivity contribution >= 4 is 28.5 Å². The molecule has 23 heavy (non-hydrogen) atoms. The number of imidazole rings is 1. The van der Waals surface area contributed by atoms with Gasteiger partial charge in [0, 0.05) is 11.9 Å². The van der Waals surface area contributed by atoms with E-state index in [0.717, 1.165) is 0 Å². The maximum Gasteiger partial charge on any atom is 0.217 e. The Balaban J connectivity index is 2.37. The van der Waals surface area contributed by atoms with Gasteiger partial charge in [-0.3, -0.25) is 4.79 Å². The number of benzene rings is 1. The first kappa shape index (κ1) is 17.6. The predicted molar refractivity (Wildman–Crippen MR) is 82.8 cm³/mol. The van der Waals surface area contributed by atoms with Crippen LogP contribution in [0.4, 0.5) is 0 Å². The van der Waals surface area contributed by atoms with Crippen LogP contribution in [0.5, 0.6) is 0 Å². The molecule has 2 rings (SSSR count). The van der Waals surface area contributed by atoms with Crippen LogP contribution in [0.1, 0.15) is 18.8 Å². The second-order valence-electron chi connectivity index (χ2n) is 5.19. The summed E-state index contributed by atoms with van der Waals surface area (Å²) in [5.41, 5.74) is 1.15. The Kier molecular flexibility index (Phi) is 5.55. The molecule has 126 valence electrons. The maximum absolute atomic E-state index is 11.4. The van der Waals surface area contributed by atoms with E-state index in [-0.39, 0.29) is 5.82 Å². The zero-order valence-corrected chi connectivity index (χ0v) is 13.0. The second kappa shape index (κ2) is 7.24. The lowest BCUT2D eigenvalue weighted by Gasteiger charge is -2.28. The summed E-state index contributed by atoms with van der Waals surface area (Å²) in [6, 6.07) is 3.83. The third-order valence-corrected chi connectivity index (χ3v) is 3.62. The first-order chi connectivity index (χ1) is 10.8. The first-order valence-corrected chi connectivity index (χ1v) is 7.28. The molecule has 1 amide bonds. The molecule has 2 aromatic rings. The standard InChI is InChI=1S/C14H18ClN3O5/c1-6(20)16-11(13(23)12(22)10(21)5-19)14-17-8-3-2-7(15)4-9(8)18-14/h2-4,10-13,19,21-23H,5H2,1H3,(H,16,20)(H,17,18)/t10?,11-,12?,13?/m0/s1. The number of carbonyl (C=O) groups is 1. The van der Waals surface area contributed by atoms with Crippen molar-refractivity contribution in [3.05, 3.63) is 29.0 Å². The molecule has 3 unspecified atom stereocenters. The van der Waals surface area contributed by atoms with E-state index in [2.05, 4.69) is 15.3 Å². The molecule has 1 heterocycles. The van der Waals surface area contributed by atoms with Gasteiger partial charge in [0.1, 0.15) is 30.2 Å². The van der Waals surface area contributed by atoms with E-state index in [0.29, 0.717) is 16.1 Å². The fourth-order valence-corrected chi connectivity index (χ4v) is 2.39. The summed E-state index contributed by atoms with van der Waals surface area (Å²) >= 11 is 5.90. The normalized spacial score (nSPS) is 16.8. The highest BCUT2D eigenvalue weighted by molar-refractivity contribution is 6.31. The van der Waals surface area contributed by atoms with Gasteiger partial charge >= 0.3 is 0 Å². The van der Waals surface area contributed by atoms with E-state index in [1.165, 1.54) is 6.92 Å². The van der Waals surface area contributed by atoms with Crippen LogP contribution < -0.4 is 5.32 Å². The number of aromatic amines is 1. The Bertz CT molecular complexity index is 692. The highest BCUT2D eigenvalue weighted by Crippen LogP contribution is 2.23. The number of nitrogens with zero attached hydrogens (tertiary/aromatic N) is 1. The van der Waals surface area contributed by atoms with E-state index in [1.807, 2.05) is 0 Å². The van der Waals surface area contributed by atoms with Gasteiger partial charge in [0.15, 0.2) is 0 Å². The quantitative estimate of drug-likeness (QED) is 0.417. The van der Waals surface area contributed by atoms with Crippen molar-refractivity contribution in [2.24, 2.45) is 0 Å². The third-order valence-electron chi connectivity index (χ3n) is 3.39. The molecule has 8 nitrogen and oxygen atoms in total. The van der Waals surface area contributed by atoms with Crippen LogP contribution in [0.25, 0.3) is 11.0 Å². The summed E-state index contributed by atoms with van der Waals surface area (Å²) in [6.07, 6.45) is -4.81. The molecule has 4 atom stereocenters. The maximum atomic E-state index is 11.4. The van der Waals surface area contributed by atoms with Crippen LogP contribution >= 0.6 is 11.6 Å². The zero-order valence-electron chi connectivity index (χ0n) is 12.3. The van der Waals surface area contributed by atoms with Gasteiger partial charge in [-0.2, -0.15) is 0 Å². The number of carbonyl (C=O) groups excluding carboxylic acids is 1. The average Bonchev–Trinajstić information content (AvgIpc) is 2.92. The van der Waals surface area contributed by atoms with Gasteiger partial charge in [-0.05, 0) is 18.2 Å². The van der Waals surface area contributed by atoms with E-state index in [4.69, 9.17) is 16.7 Å². The van der Waals surface area contributed by atoms with Crippen molar-refractivity contribution in [2.45, 2.75) is 31.3 Å². The molecule has 0 aliphatic carbocycles. The Morgan fingerprint density at radius 1 is 1.35 bits per heavy atom. The number of aromatic nitrogens is 2. The molecule has 1 aromatic carbocycles. The van der Waals surface area contributed by atoms with Gasteiger partial charge in [-0.25, -0.2) is 4.98 Å². The van der Waals surface area contributed by atoms with Crippen LogP contribution in [0.3, 0.4) is 0 Å². The van der Waals surface area contributed by atoms with Gasteiger partial charge in [0.05, 0.1) is 17.6 Å². The van der Waals surface area contributed by atoms with Crippen molar-refractivity contribution < 1.29 is 25.2 Å². The number of hydrogen-bond donors (Lipinski definition) is 6. The summed E-state index contributed by atoms with van der Waals surface area (Å²) in [5.74, 6) is -0.271. The topological polar surface area (TPSA) is 139 Å². The molecule has 0 aliphatic rings. The van der Waals surface area contributed by atoms with Crippen molar-refractivity contribution in [1.82, 2.24) is 15.3 Å². The monoisotopic (exact) mass is 343 g/mol. The molecule has 0 aliphatic heterocycles. The van der Waals surface area contributed by atoms with E-state index in [9.17, 15) is 20.1 Å². The van der Waals surface area contributed by atoms with Crippen molar-refractivity contribution in [1.29, 1.82) is 0 Å². The molecule has 0 spiro atoms. The fraction of sp³-hybridized carbons (Fsp3) is 0.429. The average molecular weight is 344 g/mol. The highest BCUT2D eigenvalue weighted by atomic mass is 35.5. The van der Waals surface area contributed by atoms with Crippen molar-refractivity contribution in [3.63, 3.8) is 0 Å². The van der Waals surface area contributed by atoms with Crippen LogP contribution in [-0.2, 0) is 4.79 Å². The van der Waals surface area contributed by atoms with E-state index >= 15 is 0 Å². The summed E-state index contributed by atoms with van der Waals surface area (Å²) < 4.78 is 0. The van der Waals surface area contributed by atoms with Gasteiger partial charge in [0.2, 0.25) is 5.91 Å². The lowest BCUT2D eigenvalue weighted by molar-refractivity contribution is -0.123. The molecule has 0 saturated carbocycles. The number of hydrogen-bond acceptors (Lipinski definition) is 6. The van der Waals surface area contributed by atoms with Crippen LogP contribution in [0.2, 0.25) is 5.02 Å².